The van der Waals surface area contributed by atoms with Crippen LogP contribution in [0.4, 0.5) is 10.6 Å². The Bertz CT molecular complexity index is 742. The first-order valence-corrected chi connectivity index (χ1v) is 9.29. The van der Waals surface area contributed by atoms with Gasteiger partial charge in [-0.3, -0.25) is 0 Å². The number of alkyl carbamates (subject to hydrolysis) is 1. The fourth-order valence-electron chi connectivity index (χ4n) is 3.12. The molecule has 0 aliphatic carbocycles. The highest BCUT2D eigenvalue weighted by Crippen LogP contribution is 2.19. The Labute approximate surface area is 164 Å². The lowest BCUT2D eigenvalue weighted by molar-refractivity contribution is 0.0191. The average Bonchev–Trinajstić information content (AvgIpc) is 3.06. The van der Waals surface area contributed by atoms with Crippen LogP contribution in [-0.4, -0.2) is 61.2 Å². The van der Waals surface area contributed by atoms with E-state index in [1.807, 2.05) is 42.5 Å². The third-order valence-electron chi connectivity index (χ3n) is 4.59. The number of ether oxygens (including phenoxy) is 2. The van der Waals surface area contributed by atoms with Gasteiger partial charge in [-0.1, -0.05) is 18.2 Å². The first-order chi connectivity index (χ1) is 13.7. The van der Waals surface area contributed by atoms with E-state index in [-0.39, 0.29) is 6.04 Å². The average molecular weight is 386 g/mol. The van der Waals surface area contributed by atoms with Gasteiger partial charge < -0.3 is 30.5 Å². The molecule has 1 saturated heterocycles. The predicted molar refractivity (Wildman–Crippen MR) is 105 cm³/mol. The standard InChI is InChI=1S/C20H26N4O4/c1-27-15-7-5-14(6-8-15)12-16-19(17(25)13-24-16)28-20(26)23-11-10-22-18-4-2-3-9-21-18/h2-9,16-17,19,24-25H,10-13H2,1H3,(H,21,22)(H,23,26)/t16-,17+,19+/m1/s1. The summed E-state index contributed by atoms with van der Waals surface area (Å²) in [7, 11) is 1.62. The van der Waals surface area contributed by atoms with Crippen molar-refractivity contribution in [1.82, 2.24) is 15.6 Å². The highest BCUT2D eigenvalue weighted by Gasteiger charge is 2.37. The fraction of sp³-hybridized carbons (Fsp3) is 0.400. The molecular formula is C20H26N4O4. The Morgan fingerprint density at radius 1 is 1.25 bits per heavy atom. The predicted octanol–water partition coefficient (Wildman–Crippen LogP) is 1.17. The minimum Gasteiger partial charge on any atom is -0.497 e. The second-order valence-electron chi connectivity index (χ2n) is 6.57. The molecule has 1 amide bonds. The molecular weight excluding hydrogens is 360 g/mol. The Balaban J connectivity index is 1.44. The van der Waals surface area contributed by atoms with Crippen LogP contribution >= 0.6 is 0 Å². The van der Waals surface area contributed by atoms with Gasteiger partial charge in [0.05, 0.1) is 13.2 Å². The van der Waals surface area contributed by atoms with E-state index in [4.69, 9.17) is 9.47 Å². The minimum absolute atomic E-state index is 0.152. The number of amides is 1. The van der Waals surface area contributed by atoms with Gasteiger partial charge in [0, 0.05) is 25.8 Å². The molecule has 3 atom stereocenters. The normalized spacial score (nSPS) is 21.1. The van der Waals surface area contributed by atoms with Crippen molar-refractivity contribution in [1.29, 1.82) is 0 Å². The smallest absolute Gasteiger partial charge is 0.407 e. The van der Waals surface area contributed by atoms with Gasteiger partial charge >= 0.3 is 6.09 Å². The van der Waals surface area contributed by atoms with Crippen molar-refractivity contribution in [2.24, 2.45) is 0 Å². The van der Waals surface area contributed by atoms with Crippen LogP contribution in [0.15, 0.2) is 48.7 Å². The summed E-state index contributed by atoms with van der Waals surface area (Å²) in [5.74, 6) is 1.53. The number of pyridine rings is 1. The molecule has 0 bridgehead atoms. The van der Waals surface area contributed by atoms with Gasteiger partial charge in [0.15, 0.2) is 0 Å². The first kappa shape index (κ1) is 19.9. The van der Waals surface area contributed by atoms with E-state index in [9.17, 15) is 9.90 Å². The third kappa shape index (κ3) is 5.58. The van der Waals surface area contributed by atoms with E-state index >= 15 is 0 Å². The molecule has 8 heteroatoms. The van der Waals surface area contributed by atoms with Gasteiger partial charge in [-0.05, 0) is 36.2 Å². The number of nitrogens with zero attached hydrogens (tertiary/aromatic N) is 1. The summed E-state index contributed by atoms with van der Waals surface area (Å²) in [6, 6.07) is 13.1. The molecule has 28 heavy (non-hydrogen) atoms. The third-order valence-corrected chi connectivity index (χ3v) is 4.59. The second-order valence-corrected chi connectivity index (χ2v) is 6.57. The number of benzene rings is 1. The van der Waals surface area contributed by atoms with E-state index < -0.39 is 18.3 Å². The van der Waals surface area contributed by atoms with Crippen molar-refractivity contribution in [3.63, 3.8) is 0 Å². The lowest BCUT2D eigenvalue weighted by Gasteiger charge is -2.22. The van der Waals surface area contributed by atoms with Crippen LogP contribution in [0.3, 0.4) is 0 Å². The summed E-state index contributed by atoms with van der Waals surface area (Å²) in [4.78, 5) is 16.3. The maximum Gasteiger partial charge on any atom is 0.407 e. The summed E-state index contributed by atoms with van der Waals surface area (Å²) < 4.78 is 10.6. The molecule has 1 aliphatic heterocycles. The number of nitrogens with one attached hydrogen (secondary N) is 3. The molecule has 1 aromatic heterocycles. The van der Waals surface area contributed by atoms with Gasteiger partial charge in [0.25, 0.3) is 0 Å². The topological polar surface area (TPSA) is 105 Å². The number of hydrogen-bond donors (Lipinski definition) is 4. The molecule has 1 fully saturated rings. The van der Waals surface area contributed by atoms with E-state index in [1.165, 1.54) is 0 Å². The molecule has 1 aromatic carbocycles. The van der Waals surface area contributed by atoms with Crippen molar-refractivity contribution in [3.8, 4) is 5.75 Å². The van der Waals surface area contributed by atoms with Gasteiger partial charge in [0.1, 0.15) is 23.8 Å². The zero-order valence-electron chi connectivity index (χ0n) is 15.8. The van der Waals surface area contributed by atoms with Crippen LogP contribution in [0.2, 0.25) is 0 Å². The van der Waals surface area contributed by atoms with Crippen LogP contribution in [-0.2, 0) is 11.2 Å². The molecule has 3 rings (SSSR count). The van der Waals surface area contributed by atoms with Crippen LogP contribution in [0.1, 0.15) is 5.56 Å². The molecule has 2 aromatic rings. The van der Waals surface area contributed by atoms with Crippen molar-refractivity contribution in [3.05, 3.63) is 54.2 Å². The number of carbonyl (C=O) groups is 1. The fourth-order valence-corrected chi connectivity index (χ4v) is 3.12. The quantitative estimate of drug-likeness (QED) is 0.505. The zero-order chi connectivity index (χ0) is 19.8. The van der Waals surface area contributed by atoms with Crippen LogP contribution in [0.25, 0.3) is 0 Å². The number of rotatable bonds is 8. The summed E-state index contributed by atoms with van der Waals surface area (Å²) in [5, 5.41) is 19.2. The van der Waals surface area contributed by atoms with E-state index in [0.29, 0.717) is 26.1 Å². The van der Waals surface area contributed by atoms with Crippen molar-refractivity contribution >= 4 is 11.9 Å². The summed E-state index contributed by atoms with van der Waals surface area (Å²) in [6.45, 7) is 1.29. The zero-order valence-corrected chi connectivity index (χ0v) is 15.8. The molecule has 4 N–H and O–H groups in total. The number of β-amino-alcohol motifs (C(OH)–C–C–N with tert-alkyl or cyclic N) is 1. The number of hydrogen-bond acceptors (Lipinski definition) is 7. The first-order valence-electron chi connectivity index (χ1n) is 9.29. The molecule has 0 radical (unpaired) electrons. The number of aliphatic hydroxyl groups excluding tert-OH is 1. The van der Waals surface area contributed by atoms with Crippen molar-refractivity contribution < 1.29 is 19.4 Å². The Hall–Kier alpha value is -2.84. The van der Waals surface area contributed by atoms with Crippen LogP contribution in [0, 0.1) is 0 Å². The summed E-state index contributed by atoms with van der Waals surface area (Å²) >= 11 is 0. The van der Waals surface area contributed by atoms with Gasteiger partial charge in [0.2, 0.25) is 0 Å². The monoisotopic (exact) mass is 386 g/mol. The molecule has 0 spiro atoms. The Morgan fingerprint density at radius 2 is 2.07 bits per heavy atom. The van der Waals surface area contributed by atoms with Crippen LogP contribution < -0.4 is 20.7 Å². The van der Waals surface area contributed by atoms with Gasteiger partial charge in [-0.25, -0.2) is 9.78 Å². The SMILES string of the molecule is COc1ccc(C[C@H]2NC[C@H](O)[C@H]2OC(=O)NCCNc2ccccn2)cc1. The molecule has 150 valence electrons. The van der Waals surface area contributed by atoms with E-state index in [0.717, 1.165) is 17.1 Å². The molecule has 1 aliphatic rings. The number of anilines is 1. The summed E-state index contributed by atoms with van der Waals surface area (Å²) in [5.41, 5.74) is 1.07. The largest absolute Gasteiger partial charge is 0.497 e. The minimum atomic E-state index is -0.736. The van der Waals surface area contributed by atoms with E-state index in [1.54, 1.807) is 13.3 Å². The highest BCUT2D eigenvalue weighted by atomic mass is 16.6. The molecule has 0 unspecified atom stereocenters. The maximum atomic E-state index is 12.1. The molecule has 2 heterocycles. The second kappa shape index (κ2) is 9.91. The van der Waals surface area contributed by atoms with Gasteiger partial charge in [-0.2, -0.15) is 0 Å². The number of aliphatic hydroxyl groups is 1. The van der Waals surface area contributed by atoms with Crippen molar-refractivity contribution in [2.45, 2.75) is 24.7 Å². The lowest BCUT2D eigenvalue weighted by atomic mass is 10.0. The maximum absolute atomic E-state index is 12.1. The summed E-state index contributed by atoms with van der Waals surface area (Å²) in [6.07, 6.45) is 0.448. The number of methoxy groups -OCH3 is 1. The molecule has 0 saturated carbocycles. The van der Waals surface area contributed by atoms with Crippen LogP contribution in [0.5, 0.6) is 5.75 Å². The van der Waals surface area contributed by atoms with Crippen molar-refractivity contribution in [2.75, 3.05) is 32.1 Å². The highest BCUT2D eigenvalue weighted by molar-refractivity contribution is 5.67. The molecule has 8 nitrogen and oxygen atoms in total. The number of carbonyl (C=O) groups excluding carboxylic acids is 1. The Morgan fingerprint density at radius 3 is 2.79 bits per heavy atom. The number of aromatic nitrogens is 1. The lowest BCUT2D eigenvalue weighted by Crippen LogP contribution is -2.42. The Kier molecular flexibility index (Phi) is 7.05. The van der Waals surface area contributed by atoms with E-state index in [2.05, 4.69) is 20.9 Å². The van der Waals surface area contributed by atoms with Gasteiger partial charge in [-0.15, -0.1) is 0 Å².